The molecule has 2 aromatic rings. The van der Waals surface area contributed by atoms with Gasteiger partial charge in [0.1, 0.15) is 0 Å². The number of carbonyl (C=O) groups is 1. The monoisotopic (exact) mass is 250 g/mol. The van der Waals surface area contributed by atoms with E-state index < -0.39 is 0 Å². The second kappa shape index (κ2) is 4.34. The molecule has 0 saturated heterocycles. The van der Waals surface area contributed by atoms with Crippen molar-refractivity contribution in [1.29, 1.82) is 0 Å². The molecule has 19 heavy (non-hydrogen) atoms. The predicted molar refractivity (Wildman–Crippen MR) is 77.9 cm³/mol. The lowest BCUT2D eigenvalue weighted by Crippen LogP contribution is -2.25. The second-order valence-corrected chi connectivity index (χ2v) is 5.57. The Morgan fingerprint density at radius 2 is 1.68 bits per heavy atom. The second-order valence-electron chi connectivity index (χ2n) is 5.57. The van der Waals surface area contributed by atoms with Crippen LogP contribution in [0.3, 0.4) is 0 Å². The van der Waals surface area contributed by atoms with Gasteiger partial charge in [-0.1, -0.05) is 30.3 Å². The fourth-order valence-corrected chi connectivity index (χ4v) is 2.91. The minimum Gasteiger partial charge on any atom is -0.293 e. The Hall–Kier alpha value is -1.89. The highest BCUT2D eigenvalue weighted by Gasteiger charge is 2.32. The van der Waals surface area contributed by atoms with Gasteiger partial charge in [0.2, 0.25) is 0 Å². The first-order chi connectivity index (χ1) is 9.08. The van der Waals surface area contributed by atoms with Crippen molar-refractivity contribution in [1.82, 2.24) is 0 Å². The van der Waals surface area contributed by atoms with Crippen molar-refractivity contribution < 1.29 is 4.79 Å². The molecule has 2 aromatic carbocycles. The van der Waals surface area contributed by atoms with E-state index in [1.807, 2.05) is 25.1 Å². The third kappa shape index (κ3) is 1.90. The SMILES string of the molecule is Cc1cc(C)c(C(=O)C2Cc3ccccc32)cc1C. The van der Waals surface area contributed by atoms with E-state index in [0.29, 0.717) is 0 Å². The molecule has 96 valence electrons. The quantitative estimate of drug-likeness (QED) is 0.732. The first kappa shape index (κ1) is 12.2. The molecular formula is C18H18O. The van der Waals surface area contributed by atoms with Crippen LogP contribution in [0.1, 0.15) is 44.1 Å². The first-order valence-electron chi connectivity index (χ1n) is 6.78. The maximum atomic E-state index is 12.7. The number of carbonyl (C=O) groups excluding carboxylic acids is 1. The Labute approximate surface area is 114 Å². The summed E-state index contributed by atoms with van der Waals surface area (Å²) in [6.07, 6.45) is 0.890. The van der Waals surface area contributed by atoms with Crippen LogP contribution in [0, 0.1) is 20.8 Å². The maximum Gasteiger partial charge on any atom is 0.170 e. The maximum absolute atomic E-state index is 12.7. The van der Waals surface area contributed by atoms with Gasteiger partial charge < -0.3 is 0 Å². The normalized spacial score (nSPS) is 16.7. The number of Topliss-reactive ketones (excluding diaryl/α,β-unsaturated/α-hetero) is 1. The van der Waals surface area contributed by atoms with Gasteiger partial charge in [-0.3, -0.25) is 4.79 Å². The Morgan fingerprint density at radius 1 is 1.00 bits per heavy atom. The summed E-state index contributed by atoms with van der Waals surface area (Å²) in [5.41, 5.74) is 6.97. The summed E-state index contributed by atoms with van der Waals surface area (Å²) in [7, 11) is 0. The van der Waals surface area contributed by atoms with Crippen LogP contribution < -0.4 is 0 Å². The van der Waals surface area contributed by atoms with Gasteiger partial charge in [-0.25, -0.2) is 0 Å². The summed E-state index contributed by atoms with van der Waals surface area (Å²) in [6.45, 7) is 6.19. The molecule has 0 bridgehead atoms. The fraction of sp³-hybridized carbons (Fsp3) is 0.278. The number of hydrogen-bond acceptors (Lipinski definition) is 1. The molecule has 1 aliphatic rings. The van der Waals surface area contributed by atoms with Crippen molar-refractivity contribution in [2.24, 2.45) is 0 Å². The molecule has 0 fully saturated rings. The smallest absolute Gasteiger partial charge is 0.170 e. The van der Waals surface area contributed by atoms with Crippen molar-refractivity contribution in [2.45, 2.75) is 33.1 Å². The molecule has 0 aromatic heterocycles. The molecule has 1 unspecified atom stereocenters. The van der Waals surface area contributed by atoms with Crippen LogP contribution in [0.5, 0.6) is 0 Å². The lowest BCUT2D eigenvalue weighted by molar-refractivity contribution is 0.0948. The van der Waals surface area contributed by atoms with Gasteiger partial charge in [0, 0.05) is 5.56 Å². The van der Waals surface area contributed by atoms with Crippen molar-refractivity contribution in [3.63, 3.8) is 0 Å². The standard InChI is InChI=1S/C18H18O/c1-11-8-13(3)16(9-12(11)2)18(19)17-10-14-6-4-5-7-15(14)17/h4-9,17H,10H2,1-3H3. The van der Waals surface area contributed by atoms with E-state index >= 15 is 0 Å². The van der Waals surface area contributed by atoms with Gasteiger partial charge in [-0.15, -0.1) is 0 Å². The summed E-state index contributed by atoms with van der Waals surface area (Å²) in [5, 5.41) is 0. The van der Waals surface area contributed by atoms with Crippen molar-refractivity contribution in [2.75, 3.05) is 0 Å². The number of fused-ring (bicyclic) bond motifs is 1. The lowest BCUT2D eigenvalue weighted by atomic mass is 9.73. The Balaban J connectivity index is 1.97. The van der Waals surface area contributed by atoms with Gasteiger partial charge in [-0.05, 0) is 61.1 Å². The average molecular weight is 250 g/mol. The average Bonchev–Trinajstić information content (AvgIpc) is 2.35. The fourth-order valence-electron chi connectivity index (χ4n) is 2.91. The predicted octanol–water partition coefficient (Wildman–Crippen LogP) is 4.13. The number of ketones is 1. The largest absolute Gasteiger partial charge is 0.293 e. The number of hydrogen-bond donors (Lipinski definition) is 0. The molecule has 0 heterocycles. The first-order valence-corrected chi connectivity index (χ1v) is 6.78. The van der Waals surface area contributed by atoms with Gasteiger partial charge in [-0.2, -0.15) is 0 Å². The van der Waals surface area contributed by atoms with E-state index in [-0.39, 0.29) is 11.7 Å². The lowest BCUT2D eigenvalue weighted by Gasteiger charge is -2.29. The van der Waals surface area contributed by atoms with Gasteiger partial charge >= 0.3 is 0 Å². The molecule has 0 saturated carbocycles. The third-order valence-corrected chi connectivity index (χ3v) is 4.28. The van der Waals surface area contributed by atoms with Crippen molar-refractivity contribution >= 4 is 5.78 Å². The van der Waals surface area contributed by atoms with Crippen LogP contribution in [0.25, 0.3) is 0 Å². The summed E-state index contributed by atoms with van der Waals surface area (Å²) < 4.78 is 0. The highest BCUT2D eigenvalue weighted by Crippen LogP contribution is 2.37. The van der Waals surface area contributed by atoms with E-state index in [1.54, 1.807) is 0 Å². The summed E-state index contributed by atoms with van der Waals surface area (Å²) in [5.74, 6) is 0.344. The molecule has 0 N–H and O–H groups in total. The zero-order valence-electron chi connectivity index (χ0n) is 11.7. The van der Waals surface area contributed by atoms with Crippen LogP contribution in [0.2, 0.25) is 0 Å². The van der Waals surface area contributed by atoms with Gasteiger partial charge in [0.25, 0.3) is 0 Å². The molecule has 0 amide bonds. The number of benzene rings is 2. The molecule has 0 spiro atoms. The molecule has 3 rings (SSSR count). The minimum absolute atomic E-state index is 0.0667. The summed E-state index contributed by atoms with van der Waals surface area (Å²) >= 11 is 0. The van der Waals surface area contributed by atoms with E-state index in [9.17, 15) is 4.79 Å². The van der Waals surface area contributed by atoms with Crippen molar-refractivity contribution in [3.05, 3.63) is 69.8 Å². The highest BCUT2D eigenvalue weighted by molar-refractivity contribution is 6.04. The molecule has 1 atom stereocenters. The van der Waals surface area contributed by atoms with Crippen molar-refractivity contribution in [3.8, 4) is 0 Å². The molecule has 1 heteroatoms. The summed E-state index contributed by atoms with van der Waals surface area (Å²) in [6, 6.07) is 12.4. The van der Waals surface area contributed by atoms with E-state index in [4.69, 9.17) is 0 Å². The Kier molecular flexibility index (Phi) is 2.78. The minimum atomic E-state index is 0.0667. The zero-order valence-corrected chi connectivity index (χ0v) is 11.7. The Bertz CT molecular complexity index is 667. The number of rotatable bonds is 2. The third-order valence-electron chi connectivity index (χ3n) is 4.28. The van der Waals surface area contributed by atoms with Crippen LogP contribution >= 0.6 is 0 Å². The Morgan fingerprint density at radius 3 is 2.42 bits per heavy atom. The van der Waals surface area contributed by atoms with Crippen LogP contribution in [-0.2, 0) is 6.42 Å². The number of aryl methyl sites for hydroxylation is 3. The molecule has 0 radical (unpaired) electrons. The topological polar surface area (TPSA) is 17.1 Å². The van der Waals surface area contributed by atoms with Crippen LogP contribution in [0.4, 0.5) is 0 Å². The molecule has 0 aliphatic heterocycles. The van der Waals surface area contributed by atoms with Crippen LogP contribution in [-0.4, -0.2) is 5.78 Å². The van der Waals surface area contributed by atoms with Crippen LogP contribution in [0.15, 0.2) is 36.4 Å². The summed E-state index contributed by atoms with van der Waals surface area (Å²) in [4.78, 5) is 12.7. The molecule has 1 aliphatic carbocycles. The molecule has 1 nitrogen and oxygen atoms in total. The molecular weight excluding hydrogens is 232 g/mol. The highest BCUT2D eigenvalue weighted by atomic mass is 16.1. The van der Waals surface area contributed by atoms with E-state index in [0.717, 1.165) is 17.5 Å². The van der Waals surface area contributed by atoms with Gasteiger partial charge in [0.05, 0.1) is 5.92 Å². The van der Waals surface area contributed by atoms with Gasteiger partial charge in [0.15, 0.2) is 5.78 Å². The van der Waals surface area contributed by atoms with E-state index in [1.165, 1.54) is 22.3 Å². The van der Waals surface area contributed by atoms with E-state index in [2.05, 4.69) is 32.0 Å². The zero-order chi connectivity index (χ0) is 13.6.